The zero-order valence-electron chi connectivity index (χ0n) is 11.0. The van der Waals surface area contributed by atoms with Crippen molar-refractivity contribution in [3.63, 3.8) is 0 Å². The number of aromatic nitrogens is 1. The lowest BCUT2D eigenvalue weighted by atomic mass is 10.2. The number of hydrogen-bond acceptors (Lipinski definition) is 3. The number of rotatable bonds is 4. The highest BCUT2D eigenvalue weighted by atomic mass is 16.5. The van der Waals surface area contributed by atoms with Crippen LogP contribution in [-0.4, -0.2) is 29.9 Å². The molecular formula is C15H16N2O2. The number of nitrogens with zero attached hydrogens (tertiary/aromatic N) is 2. The van der Waals surface area contributed by atoms with E-state index in [2.05, 4.69) is 4.98 Å². The van der Waals surface area contributed by atoms with Crippen molar-refractivity contribution in [2.24, 2.45) is 0 Å². The quantitative estimate of drug-likeness (QED) is 0.843. The molecule has 1 heterocycles. The fourth-order valence-corrected chi connectivity index (χ4v) is 1.81. The number of pyridine rings is 1. The molecule has 0 radical (unpaired) electrons. The number of carbonyl (C=O) groups excluding carboxylic acids is 1. The first-order valence-corrected chi connectivity index (χ1v) is 5.99. The van der Waals surface area contributed by atoms with Gasteiger partial charge in [0.15, 0.2) is 0 Å². The van der Waals surface area contributed by atoms with Crippen LogP contribution >= 0.6 is 0 Å². The average Bonchev–Trinajstić information content (AvgIpc) is 2.47. The summed E-state index contributed by atoms with van der Waals surface area (Å²) in [5, 5.41) is 0. The van der Waals surface area contributed by atoms with Gasteiger partial charge >= 0.3 is 0 Å². The predicted molar refractivity (Wildman–Crippen MR) is 73.0 cm³/mol. The minimum Gasteiger partial charge on any atom is -0.497 e. The average molecular weight is 256 g/mol. The van der Waals surface area contributed by atoms with Crippen molar-refractivity contribution in [2.75, 3.05) is 14.2 Å². The van der Waals surface area contributed by atoms with Crippen molar-refractivity contribution >= 4 is 5.91 Å². The third kappa shape index (κ3) is 3.31. The van der Waals surface area contributed by atoms with E-state index in [4.69, 9.17) is 4.74 Å². The Morgan fingerprint density at radius 1 is 1.32 bits per heavy atom. The van der Waals surface area contributed by atoms with E-state index in [1.54, 1.807) is 43.6 Å². The first kappa shape index (κ1) is 13.1. The van der Waals surface area contributed by atoms with Gasteiger partial charge in [0.25, 0.3) is 5.91 Å². The Hall–Kier alpha value is -2.36. The van der Waals surface area contributed by atoms with Crippen LogP contribution < -0.4 is 4.74 Å². The van der Waals surface area contributed by atoms with Crippen LogP contribution in [0, 0.1) is 0 Å². The Morgan fingerprint density at radius 3 is 2.84 bits per heavy atom. The lowest BCUT2D eigenvalue weighted by Crippen LogP contribution is -2.26. The van der Waals surface area contributed by atoms with Gasteiger partial charge < -0.3 is 9.64 Å². The minimum atomic E-state index is -0.0391. The van der Waals surface area contributed by atoms with Crippen LogP contribution in [0.2, 0.25) is 0 Å². The smallest absolute Gasteiger partial charge is 0.254 e. The van der Waals surface area contributed by atoms with Gasteiger partial charge in [-0.3, -0.25) is 9.78 Å². The molecule has 4 heteroatoms. The number of amides is 1. The normalized spacial score (nSPS) is 10.0. The van der Waals surface area contributed by atoms with Crippen molar-refractivity contribution in [3.8, 4) is 5.75 Å². The van der Waals surface area contributed by atoms with E-state index in [9.17, 15) is 4.79 Å². The number of carbonyl (C=O) groups is 1. The van der Waals surface area contributed by atoms with Gasteiger partial charge in [-0.05, 0) is 29.8 Å². The van der Waals surface area contributed by atoms with Crippen LogP contribution in [0.3, 0.4) is 0 Å². The molecule has 0 N–H and O–H groups in total. The van der Waals surface area contributed by atoms with Gasteiger partial charge in [0.2, 0.25) is 0 Å². The molecule has 98 valence electrons. The van der Waals surface area contributed by atoms with Gasteiger partial charge in [0.05, 0.1) is 7.11 Å². The van der Waals surface area contributed by atoms with Crippen molar-refractivity contribution in [1.29, 1.82) is 0 Å². The van der Waals surface area contributed by atoms with Gasteiger partial charge in [-0.1, -0.05) is 12.1 Å². The summed E-state index contributed by atoms with van der Waals surface area (Å²) in [6.07, 6.45) is 3.47. The Morgan fingerprint density at radius 2 is 2.16 bits per heavy atom. The molecule has 2 aromatic rings. The largest absolute Gasteiger partial charge is 0.497 e. The molecule has 0 atom stereocenters. The van der Waals surface area contributed by atoms with E-state index in [0.717, 1.165) is 5.56 Å². The van der Waals surface area contributed by atoms with Crippen molar-refractivity contribution in [1.82, 2.24) is 9.88 Å². The van der Waals surface area contributed by atoms with Gasteiger partial charge in [-0.15, -0.1) is 0 Å². The van der Waals surface area contributed by atoms with Gasteiger partial charge in [-0.2, -0.15) is 0 Å². The van der Waals surface area contributed by atoms with E-state index >= 15 is 0 Å². The van der Waals surface area contributed by atoms with Crippen LogP contribution in [-0.2, 0) is 6.54 Å². The molecule has 4 nitrogen and oxygen atoms in total. The summed E-state index contributed by atoms with van der Waals surface area (Å²) >= 11 is 0. The second kappa shape index (κ2) is 6.00. The Kier molecular flexibility index (Phi) is 4.13. The van der Waals surface area contributed by atoms with Gasteiger partial charge in [0, 0.05) is 31.5 Å². The zero-order chi connectivity index (χ0) is 13.7. The molecule has 1 aromatic carbocycles. The van der Waals surface area contributed by atoms with Crippen LogP contribution in [0.1, 0.15) is 15.9 Å². The highest BCUT2D eigenvalue weighted by Gasteiger charge is 2.12. The second-order valence-corrected chi connectivity index (χ2v) is 4.25. The van der Waals surface area contributed by atoms with E-state index < -0.39 is 0 Å². The summed E-state index contributed by atoms with van der Waals surface area (Å²) in [7, 11) is 3.36. The first-order valence-electron chi connectivity index (χ1n) is 5.99. The number of benzene rings is 1. The monoisotopic (exact) mass is 256 g/mol. The standard InChI is InChI=1S/C15H16N2O2/c1-17(11-12-5-4-8-16-10-12)15(18)13-6-3-7-14(9-13)19-2/h3-10H,11H2,1-2H3. The summed E-state index contributed by atoms with van der Waals surface area (Å²) in [4.78, 5) is 18.0. The Labute approximate surface area is 112 Å². The SMILES string of the molecule is COc1cccc(C(=O)N(C)Cc2cccnc2)c1. The summed E-state index contributed by atoms with van der Waals surface area (Å²) in [6.45, 7) is 0.532. The maximum Gasteiger partial charge on any atom is 0.254 e. The summed E-state index contributed by atoms with van der Waals surface area (Å²) in [5.74, 6) is 0.642. The van der Waals surface area contributed by atoms with Crippen LogP contribution in [0.5, 0.6) is 5.75 Å². The molecule has 19 heavy (non-hydrogen) atoms. The highest BCUT2D eigenvalue weighted by molar-refractivity contribution is 5.94. The number of hydrogen-bond donors (Lipinski definition) is 0. The molecule has 0 spiro atoms. The molecule has 0 aliphatic rings. The number of methoxy groups -OCH3 is 1. The van der Waals surface area contributed by atoms with E-state index in [-0.39, 0.29) is 5.91 Å². The fourth-order valence-electron chi connectivity index (χ4n) is 1.81. The number of ether oxygens (including phenoxy) is 1. The molecule has 0 unspecified atom stereocenters. The molecule has 1 amide bonds. The molecule has 2 rings (SSSR count). The second-order valence-electron chi connectivity index (χ2n) is 4.25. The minimum absolute atomic E-state index is 0.0391. The molecule has 0 fully saturated rings. The molecule has 0 bridgehead atoms. The summed E-state index contributed by atoms with van der Waals surface area (Å²) in [6, 6.07) is 11.0. The molecule has 0 saturated heterocycles. The van der Waals surface area contributed by atoms with Crippen molar-refractivity contribution in [3.05, 3.63) is 59.9 Å². The summed E-state index contributed by atoms with van der Waals surface area (Å²) in [5.41, 5.74) is 1.62. The van der Waals surface area contributed by atoms with E-state index in [0.29, 0.717) is 17.9 Å². The van der Waals surface area contributed by atoms with Crippen molar-refractivity contribution < 1.29 is 9.53 Å². The molecule has 0 aliphatic carbocycles. The molecular weight excluding hydrogens is 240 g/mol. The fraction of sp³-hybridized carbons (Fsp3) is 0.200. The molecule has 1 aromatic heterocycles. The summed E-state index contributed by atoms with van der Waals surface area (Å²) < 4.78 is 5.12. The Bertz CT molecular complexity index is 555. The molecule has 0 saturated carbocycles. The van der Waals surface area contributed by atoms with Crippen LogP contribution in [0.4, 0.5) is 0 Å². The predicted octanol–water partition coefficient (Wildman–Crippen LogP) is 2.36. The third-order valence-corrected chi connectivity index (χ3v) is 2.81. The molecule has 0 aliphatic heterocycles. The maximum atomic E-state index is 12.3. The lowest BCUT2D eigenvalue weighted by Gasteiger charge is -2.17. The third-order valence-electron chi connectivity index (χ3n) is 2.81. The topological polar surface area (TPSA) is 42.4 Å². The lowest BCUT2D eigenvalue weighted by molar-refractivity contribution is 0.0784. The van der Waals surface area contributed by atoms with Crippen LogP contribution in [0.25, 0.3) is 0 Å². The first-order chi connectivity index (χ1) is 9.20. The van der Waals surface area contributed by atoms with E-state index in [1.165, 1.54) is 0 Å². The van der Waals surface area contributed by atoms with Crippen LogP contribution in [0.15, 0.2) is 48.8 Å². The zero-order valence-corrected chi connectivity index (χ0v) is 11.0. The van der Waals surface area contributed by atoms with E-state index in [1.807, 2.05) is 24.3 Å². The van der Waals surface area contributed by atoms with Gasteiger partial charge in [-0.25, -0.2) is 0 Å². The highest BCUT2D eigenvalue weighted by Crippen LogP contribution is 2.14. The van der Waals surface area contributed by atoms with Crippen molar-refractivity contribution in [2.45, 2.75) is 6.54 Å². The van der Waals surface area contributed by atoms with Gasteiger partial charge in [0.1, 0.15) is 5.75 Å². The Balaban J connectivity index is 2.10. The maximum absolute atomic E-state index is 12.3.